The predicted octanol–water partition coefficient (Wildman–Crippen LogP) is 4.15. The maximum absolute atomic E-state index is 13.3. The van der Waals surface area contributed by atoms with Crippen molar-refractivity contribution in [1.29, 1.82) is 0 Å². The molecule has 35 heavy (non-hydrogen) atoms. The SMILES string of the molecule is CCN(Cc1cnc(S(=O)(=O)Cc2ccc(F)cc2)n1CC1CCCO1)C(=O)c1ccc(C)cc1. The van der Waals surface area contributed by atoms with Crippen molar-refractivity contribution in [1.82, 2.24) is 14.5 Å². The number of sulfone groups is 1. The molecular weight excluding hydrogens is 469 g/mol. The lowest BCUT2D eigenvalue weighted by molar-refractivity contribution is 0.0741. The zero-order valence-corrected chi connectivity index (χ0v) is 20.8. The Balaban J connectivity index is 1.64. The number of carbonyl (C=O) groups excluding carboxylic acids is 1. The lowest BCUT2D eigenvalue weighted by atomic mass is 10.1. The first-order chi connectivity index (χ1) is 16.8. The number of benzene rings is 2. The fourth-order valence-corrected chi connectivity index (χ4v) is 5.72. The van der Waals surface area contributed by atoms with E-state index in [1.54, 1.807) is 21.6 Å². The molecule has 0 N–H and O–H groups in total. The molecule has 1 saturated heterocycles. The minimum atomic E-state index is -3.83. The van der Waals surface area contributed by atoms with Crippen LogP contribution in [0.5, 0.6) is 0 Å². The summed E-state index contributed by atoms with van der Waals surface area (Å²) >= 11 is 0. The summed E-state index contributed by atoms with van der Waals surface area (Å²) in [5, 5.41) is -0.0637. The summed E-state index contributed by atoms with van der Waals surface area (Å²) in [6.45, 7) is 5.50. The molecular formula is C26H30FN3O4S. The number of hydrogen-bond donors (Lipinski definition) is 0. The molecule has 1 fully saturated rings. The zero-order valence-electron chi connectivity index (χ0n) is 20.0. The van der Waals surface area contributed by atoms with Gasteiger partial charge in [0.05, 0.1) is 36.8 Å². The van der Waals surface area contributed by atoms with Gasteiger partial charge in [-0.1, -0.05) is 29.8 Å². The van der Waals surface area contributed by atoms with E-state index in [2.05, 4.69) is 4.98 Å². The minimum absolute atomic E-state index is 0.0637. The molecule has 2 heterocycles. The number of aromatic nitrogens is 2. The molecule has 0 saturated carbocycles. The van der Waals surface area contributed by atoms with Crippen LogP contribution in [-0.2, 0) is 33.4 Å². The Morgan fingerprint density at radius 2 is 1.89 bits per heavy atom. The molecule has 1 atom stereocenters. The van der Waals surface area contributed by atoms with Crippen molar-refractivity contribution < 1.29 is 22.3 Å². The van der Waals surface area contributed by atoms with Crippen molar-refractivity contribution in [2.45, 2.75) is 56.8 Å². The molecule has 1 unspecified atom stereocenters. The second kappa shape index (κ2) is 10.7. The largest absolute Gasteiger partial charge is 0.376 e. The highest BCUT2D eigenvalue weighted by Crippen LogP contribution is 2.23. The van der Waals surface area contributed by atoms with Crippen LogP contribution < -0.4 is 0 Å². The molecule has 0 radical (unpaired) electrons. The van der Waals surface area contributed by atoms with E-state index in [1.807, 2.05) is 26.0 Å². The Morgan fingerprint density at radius 1 is 1.17 bits per heavy atom. The van der Waals surface area contributed by atoms with Gasteiger partial charge in [-0.05, 0) is 56.5 Å². The number of aryl methyl sites for hydroxylation is 1. The van der Waals surface area contributed by atoms with Gasteiger partial charge in [0.15, 0.2) is 0 Å². The number of imidazole rings is 1. The standard InChI is InChI=1S/C26H30FN3O4S/c1-3-29(25(31)21-10-6-19(2)7-11-21)16-23-15-28-26(30(23)17-24-5-4-14-34-24)35(32,33)18-20-8-12-22(27)13-9-20/h6-13,15,24H,3-5,14,16-18H2,1-2H3. The van der Waals surface area contributed by atoms with E-state index in [0.29, 0.717) is 36.5 Å². The molecule has 4 rings (SSSR count). The average molecular weight is 500 g/mol. The van der Waals surface area contributed by atoms with E-state index in [0.717, 1.165) is 18.4 Å². The van der Waals surface area contributed by atoms with E-state index in [1.165, 1.54) is 30.5 Å². The van der Waals surface area contributed by atoms with Crippen LogP contribution >= 0.6 is 0 Å². The van der Waals surface area contributed by atoms with Crippen molar-refractivity contribution in [2.24, 2.45) is 0 Å². The average Bonchev–Trinajstić information content (AvgIpc) is 3.50. The molecule has 1 amide bonds. The van der Waals surface area contributed by atoms with Crippen LogP contribution in [0.3, 0.4) is 0 Å². The van der Waals surface area contributed by atoms with Crippen molar-refractivity contribution in [3.8, 4) is 0 Å². The van der Waals surface area contributed by atoms with Crippen LogP contribution in [0.4, 0.5) is 4.39 Å². The maximum atomic E-state index is 13.3. The third-order valence-electron chi connectivity index (χ3n) is 6.18. The first-order valence-corrected chi connectivity index (χ1v) is 13.4. The number of amides is 1. The summed E-state index contributed by atoms with van der Waals surface area (Å²) in [6, 6.07) is 12.8. The van der Waals surface area contributed by atoms with Gasteiger partial charge in [-0.2, -0.15) is 0 Å². The highest BCUT2D eigenvalue weighted by molar-refractivity contribution is 7.90. The molecule has 3 aromatic rings. The molecule has 1 aliphatic heterocycles. The van der Waals surface area contributed by atoms with Crippen LogP contribution in [0.1, 0.15) is 46.9 Å². The molecule has 1 aliphatic rings. The van der Waals surface area contributed by atoms with Crippen LogP contribution in [0.2, 0.25) is 0 Å². The summed E-state index contributed by atoms with van der Waals surface area (Å²) in [7, 11) is -3.83. The van der Waals surface area contributed by atoms with Crippen molar-refractivity contribution in [2.75, 3.05) is 13.2 Å². The fourth-order valence-electron chi connectivity index (χ4n) is 4.22. The molecule has 0 spiro atoms. The summed E-state index contributed by atoms with van der Waals surface area (Å²) < 4.78 is 47.4. The van der Waals surface area contributed by atoms with E-state index >= 15 is 0 Å². The van der Waals surface area contributed by atoms with Crippen molar-refractivity contribution in [3.63, 3.8) is 0 Å². The lowest BCUT2D eigenvalue weighted by Gasteiger charge is -2.23. The number of nitrogens with zero attached hydrogens (tertiary/aromatic N) is 3. The summed E-state index contributed by atoms with van der Waals surface area (Å²) in [5.74, 6) is -0.853. The summed E-state index contributed by atoms with van der Waals surface area (Å²) in [4.78, 5) is 19.1. The Labute approximate surface area is 205 Å². The number of carbonyl (C=O) groups is 1. The van der Waals surface area contributed by atoms with Crippen LogP contribution in [-0.4, -0.2) is 48.0 Å². The number of halogens is 1. The Kier molecular flexibility index (Phi) is 7.66. The molecule has 1 aromatic heterocycles. The first-order valence-electron chi connectivity index (χ1n) is 11.8. The third-order valence-corrected chi connectivity index (χ3v) is 7.78. The third kappa shape index (κ3) is 5.97. The van der Waals surface area contributed by atoms with Gasteiger partial charge in [-0.3, -0.25) is 4.79 Å². The van der Waals surface area contributed by atoms with Gasteiger partial charge in [0.1, 0.15) is 5.82 Å². The maximum Gasteiger partial charge on any atom is 0.254 e. The highest BCUT2D eigenvalue weighted by Gasteiger charge is 2.28. The van der Waals surface area contributed by atoms with Gasteiger partial charge in [0.25, 0.3) is 5.91 Å². The lowest BCUT2D eigenvalue weighted by Crippen LogP contribution is -2.32. The van der Waals surface area contributed by atoms with E-state index in [4.69, 9.17) is 4.74 Å². The molecule has 9 heteroatoms. The van der Waals surface area contributed by atoms with E-state index < -0.39 is 15.7 Å². The predicted molar refractivity (Wildman–Crippen MR) is 130 cm³/mol. The number of ether oxygens (including phenoxy) is 1. The molecule has 0 bridgehead atoms. The molecule has 186 valence electrons. The van der Waals surface area contributed by atoms with Gasteiger partial charge in [-0.15, -0.1) is 0 Å². The van der Waals surface area contributed by atoms with Crippen molar-refractivity contribution >= 4 is 15.7 Å². The van der Waals surface area contributed by atoms with Gasteiger partial charge >= 0.3 is 0 Å². The van der Waals surface area contributed by atoms with Crippen molar-refractivity contribution in [3.05, 3.63) is 82.9 Å². The van der Waals surface area contributed by atoms with Gasteiger partial charge in [0, 0.05) is 18.7 Å². The Bertz CT molecular complexity index is 1260. The topological polar surface area (TPSA) is 81.5 Å². The fraction of sp³-hybridized carbons (Fsp3) is 0.385. The summed E-state index contributed by atoms with van der Waals surface area (Å²) in [5.41, 5.74) is 2.74. The van der Waals surface area contributed by atoms with Gasteiger partial charge in [-0.25, -0.2) is 17.8 Å². The van der Waals surface area contributed by atoms with E-state index in [-0.39, 0.29) is 29.5 Å². The Hall–Kier alpha value is -3.04. The number of rotatable bonds is 9. The van der Waals surface area contributed by atoms with Gasteiger partial charge < -0.3 is 14.2 Å². The van der Waals surface area contributed by atoms with Crippen LogP contribution in [0.25, 0.3) is 0 Å². The van der Waals surface area contributed by atoms with Crippen LogP contribution in [0.15, 0.2) is 59.9 Å². The van der Waals surface area contributed by atoms with E-state index in [9.17, 15) is 17.6 Å². The van der Waals surface area contributed by atoms with Gasteiger partial charge in [0.2, 0.25) is 15.0 Å². The number of hydrogen-bond acceptors (Lipinski definition) is 5. The summed E-state index contributed by atoms with van der Waals surface area (Å²) in [6.07, 6.45) is 3.15. The normalized spacial score (nSPS) is 15.9. The Morgan fingerprint density at radius 3 is 2.51 bits per heavy atom. The smallest absolute Gasteiger partial charge is 0.254 e. The quantitative estimate of drug-likeness (QED) is 0.442. The molecule has 0 aliphatic carbocycles. The zero-order chi connectivity index (χ0) is 25.0. The molecule has 7 nitrogen and oxygen atoms in total. The minimum Gasteiger partial charge on any atom is -0.376 e. The first kappa shape index (κ1) is 25.1. The van der Waals surface area contributed by atoms with Crippen LogP contribution in [0, 0.1) is 12.7 Å². The highest BCUT2D eigenvalue weighted by atomic mass is 32.2. The second-order valence-corrected chi connectivity index (χ2v) is 10.7. The monoisotopic (exact) mass is 499 g/mol. The second-order valence-electron chi connectivity index (χ2n) is 8.85. The molecule has 2 aromatic carbocycles.